The molecule has 7 nitrogen and oxygen atoms in total. The minimum atomic E-state index is -4.89. The molecular weight excluding hydrogens is 650 g/mol. The number of nitrogens with one attached hydrogen (secondary N) is 1. The molecule has 1 saturated carbocycles. The third-order valence-electron chi connectivity index (χ3n) is 7.78. The van der Waals surface area contributed by atoms with Crippen LogP contribution in [-0.4, -0.2) is 43.8 Å². The summed E-state index contributed by atoms with van der Waals surface area (Å²) >= 11 is 11.9. The summed E-state index contributed by atoms with van der Waals surface area (Å²) in [4.78, 5) is 28.8. The lowest BCUT2D eigenvalue weighted by atomic mass is 10.1. The molecule has 0 radical (unpaired) electrons. The van der Waals surface area contributed by atoms with Crippen molar-refractivity contribution in [1.82, 2.24) is 10.2 Å². The molecule has 0 spiro atoms. The first-order valence-corrected chi connectivity index (χ1v) is 16.7. The van der Waals surface area contributed by atoms with Crippen molar-refractivity contribution in [3.05, 3.63) is 93.5 Å². The Morgan fingerprint density at radius 2 is 1.60 bits per heavy atom. The van der Waals surface area contributed by atoms with Gasteiger partial charge in [0, 0.05) is 17.6 Å². The number of halogens is 5. The van der Waals surface area contributed by atoms with Gasteiger partial charge in [-0.3, -0.25) is 13.9 Å². The van der Waals surface area contributed by atoms with E-state index in [-0.39, 0.29) is 29.8 Å². The maximum Gasteiger partial charge on any atom is 0.417 e. The molecule has 3 aromatic rings. The van der Waals surface area contributed by atoms with Crippen LogP contribution >= 0.6 is 23.2 Å². The van der Waals surface area contributed by atoms with Crippen molar-refractivity contribution in [3.8, 4) is 0 Å². The zero-order valence-corrected chi connectivity index (χ0v) is 27.1. The molecule has 1 atom stereocenters. The van der Waals surface area contributed by atoms with Crippen LogP contribution in [0.2, 0.25) is 10.0 Å². The van der Waals surface area contributed by atoms with E-state index >= 15 is 0 Å². The van der Waals surface area contributed by atoms with Gasteiger partial charge in [0.2, 0.25) is 11.8 Å². The summed E-state index contributed by atoms with van der Waals surface area (Å²) < 4.78 is 70.1. The van der Waals surface area contributed by atoms with Crippen LogP contribution in [-0.2, 0) is 32.3 Å². The molecule has 1 fully saturated rings. The fraction of sp³-hybridized carbons (Fsp3) is 0.375. The number of carbonyl (C=O) groups excluding carboxylic acids is 2. The predicted molar refractivity (Wildman–Crippen MR) is 169 cm³/mol. The molecule has 0 aromatic heterocycles. The van der Waals surface area contributed by atoms with Crippen molar-refractivity contribution in [2.45, 2.75) is 75.7 Å². The number of alkyl halides is 3. The van der Waals surface area contributed by atoms with Crippen molar-refractivity contribution >= 4 is 50.7 Å². The van der Waals surface area contributed by atoms with Gasteiger partial charge < -0.3 is 10.2 Å². The molecule has 1 aliphatic carbocycles. The Labute approximate surface area is 271 Å². The lowest BCUT2D eigenvalue weighted by Gasteiger charge is -2.34. The highest BCUT2D eigenvalue weighted by molar-refractivity contribution is 7.92. The van der Waals surface area contributed by atoms with Crippen molar-refractivity contribution in [1.29, 1.82) is 0 Å². The highest BCUT2D eigenvalue weighted by atomic mass is 35.5. The van der Waals surface area contributed by atoms with Crippen molar-refractivity contribution in [2.24, 2.45) is 0 Å². The molecule has 13 heteroatoms. The fourth-order valence-corrected chi connectivity index (χ4v) is 7.08. The number of hydrogen-bond acceptors (Lipinski definition) is 4. The minimum absolute atomic E-state index is 0.0349. The summed E-state index contributed by atoms with van der Waals surface area (Å²) in [6.07, 6.45) is -1.10. The first-order valence-electron chi connectivity index (χ1n) is 14.5. The van der Waals surface area contributed by atoms with Crippen molar-refractivity contribution in [2.75, 3.05) is 10.8 Å². The standard InChI is InChI=1S/C32H34Cl2F3N3O4S/c1-3-29(31(42)38-24-6-4-5-7-24)39(19-22-10-12-23(33)13-11-22)30(41)20-40(45(43,44)26-15-8-21(2)9-16-26)25-14-17-28(34)27(18-25)32(35,36)37/h8-18,24,29H,3-7,19-20H2,1-2H3,(H,38,42)/t29-/m0/s1. The molecule has 0 heterocycles. The molecule has 2 amide bonds. The molecule has 0 bridgehead atoms. The van der Waals surface area contributed by atoms with E-state index in [0.717, 1.165) is 43.4 Å². The first-order chi connectivity index (χ1) is 21.2. The second kappa shape index (κ2) is 14.4. The van der Waals surface area contributed by atoms with Crippen molar-refractivity contribution in [3.63, 3.8) is 0 Å². The zero-order valence-electron chi connectivity index (χ0n) is 24.8. The van der Waals surface area contributed by atoms with E-state index in [1.807, 2.05) is 0 Å². The number of sulfonamides is 1. The fourth-order valence-electron chi connectivity index (χ4n) is 5.33. The number of hydrogen-bond donors (Lipinski definition) is 1. The van der Waals surface area contributed by atoms with Gasteiger partial charge in [-0.2, -0.15) is 13.2 Å². The van der Waals surface area contributed by atoms with Crippen LogP contribution in [0.25, 0.3) is 0 Å². The topological polar surface area (TPSA) is 86.8 Å². The Hall–Kier alpha value is -3.28. The molecule has 45 heavy (non-hydrogen) atoms. The van der Waals surface area contributed by atoms with Gasteiger partial charge in [0.25, 0.3) is 10.0 Å². The number of rotatable bonds is 11. The summed E-state index contributed by atoms with van der Waals surface area (Å²) in [6, 6.07) is 14.0. The molecule has 1 N–H and O–H groups in total. The van der Waals surface area contributed by atoms with Crippen LogP contribution in [0.15, 0.2) is 71.6 Å². The zero-order chi connectivity index (χ0) is 32.9. The Bertz CT molecular complexity index is 1610. The number of benzene rings is 3. The average Bonchev–Trinajstić information content (AvgIpc) is 3.49. The minimum Gasteiger partial charge on any atom is -0.352 e. The van der Waals surface area contributed by atoms with Gasteiger partial charge in [0.05, 0.1) is 21.2 Å². The Balaban J connectivity index is 1.78. The van der Waals surface area contributed by atoms with E-state index in [0.29, 0.717) is 21.0 Å². The summed E-state index contributed by atoms with van der Waals surface area (Å²) in [5.74, 6) is -1.16. The molecule has 4 rings (SSSR count). The van der Waals surface area contributed by atoms with Crippen LogP contribution < -0.4 is 9.62 Å². The molecule has 0 saturated heterocycles. The van der Waals surface area contributed by atoms with Gasteiger partial charge in [0.1, 0.15) is 12.6 Å². The van der Waals surface area contributed by atoms with Gasteiger partial charge in [-0.25, -0.2) is 8.42 Å². The average molecular weight is 685 g/mol. The van der Waals surface area contributed by atoms with E-state index in [4.69, 9.17) is 23.2 Å². The lowest BCUT2D eigenvalue weighted by molar-refractivity contribution is -0.140. The van der Waals surface area contributed by atoms with E-state index < -0.39 is 51.0 Å². The van der Waals surface area contributed by atoms with Gasteiger partial charge in [-0.1, -0.05) is 72.8 Å². The molecule has 242 valence electrons. The maximum absolute atomic E-state index is 14.2. The van der Waals surface area contributed by atoms with Gasteiger partial charge >= 0.3 is 6.18 Å². The van der Waals surface area contributed by atoms with E-state index in [9.17, 15) is 31.2 Å². The lowest BCUT2D eigenvalue weighted by Crippen LogP contribution is -2.53. The Morgan fingerprint density at radius 1 is 0.978 bits per heavy atom. The normalized spacial score (nSPS) is 14.6. The molecule has 3 aromatic carbocycles. The summed E-state index contributed by atoms with van der Waals surface area (Å²) in [5, 5.41) is 2.85. The monoisotopic (exact) mass is 683 g/mol. The second-order valence-corrected chi connectivity index (χ2v) is 13.8. The van der Waals surface area contributed by atoms with Crippen LogP contribution in [0.5, 0.6) is 0 Å². The third-order valence-corrected chi connectivity index (χ3v) is 10.2. The number of aryl methyl sites for hydroxylation is 1. The van der Waals surface area contributed by atoms with E-state index in [2.05, 4.69) is 5.32 Å². The van der Waals surface area contributed by atoms with Gasteiger partial charge in [-0.15, -0.1) is 0 Å². The predicted octanol–water partition coefficient (Wildman–Crippen LogP) is 7.38. The summed E-state index contributed by atoms with van der Waals surface area (Å²) in [5.41, 5.74) is -0.275. The van der Waals surface area contributed by atoms with Gasteiger partial charge in [0.15, 0.2) is 0 Å². The largest absolute Gasteiger partial charge is 0.417 e. The third kappa shape index (κ3) is 8.51. The molecule has 0 unspecified atom stereocenters. The molecule has 1 aliphatic rings. The second-order valence-electron chi connectivity index (χ2n) is 11.0. The van der Waals surface area contributed by atoms with Crippen LogP contribution in [0.1, 0.15) is 55.7 Å². The summed E-state index contributed by atoms with van der Waals surface area (Å²) in [6.45, 7) is 2.54. The highest BCUT2D eigenvalue weighted by Crippen LogP contribution is 2.38. The SMILES string of the molecule is CC[C@@H](C(=O)NC1CCCC1)N(Cc1ccc(Cl)cc1)C(=O)CN(c1ccc(Cl)c(C(F)(F)F)c1)S(=O)(=O)c1ccc(C)cc1. The smallest absolute Gasteiger partial charge is 0.352 e. The first kappa shape index (κ1) is 34.6. The highest BCUT2D eigenvalue weighted by Gasteiger charge is 2.37. The molecule has 0 aliphatic heterocycles. The summed E-state index contributed by atoms with van der Waals surface area (Å²) in [7, 11) is -4.57. The van der Waals surface area contributed by atoms with Crippen LogP contribution in [0.3, 0.4) is 0 Å². The number of anilines is 1. The number of carbonyl (C=O) groups is 2. The van der Waals surface area contributed by atoms with Gasteiger partial charge in [-0.05, 0) is 74.2 Å². The Kier molecular flexibility index (Phi) is 11.1. The van der Waals surface area contributed by atoms with E-state index in [1.54, 1.807) is 50.2 Å². The van der Waals surface area contributed by atoms with Crippen LogP contribution in [0.4, 0.5) is 18.9 Å². The maximum atomic E-state index is 14.2. The van der Waals surface area contributed by atoms with Crippen LogP contribution in [0, 0.1) is 6.92 Å². The van der Waals surface area contributed by atoms with Crippen molar-refractivity contribution < 1.29 is 31.2 Å². The number of amides is 2. The Morgan fingerprint density at radius 3 is 2.18 bits per heavy atom. The number of nitrogens with zero attached hydrogens (tertiary/aromatic N) is 2. The van der Waals surface area contributed by atoms with E-state index in [1.165, 1.54) is 17.0 Å². The molecular formula is C32H34Cl2F3N3O4S. The quantitative estimate of drug-likeness (QED) is 0.229.